The number of para-hydroxylation sites is 1. The Hall–Kier alpha value is -1.94. The number of ether oxygens (including phenoxy) is 2. The summed E-state index contributed by atoms with van der Waals surface area (Å²) in [5.74, 6) is 1.72. The van der Waals surface area contributed by atoms with Gasteiger partial charge in [-0.05, 0) is 24.1 Å². The number of nitrogens with zero attached hydrogens (tertiary/aromatic N) is 1. The van der Waals surface area contributed by atoms with Gasteiger partial charge in [0, 0.05) is 37.6 Å². The molecule has 4 heteroatoms. The molecule has 2 heterocycles. The van der Waals surface area contributed by atoms with Gasteiger partial charge in [-0.1, -0.05) is 19.1 Å². The number of fused-ring (bicyclic) bond motifs is 1. The van der Waals surface area contributed by atoms with Gasteiger partial charge >= 0.3 is 0 Å². The maximum absolute atomic E-state index is 5.50. The van der Waals surface area contributed by atoms with Crippen molar-refractivity contribution in [3.05, 3.63) is 47.8 Å². The average molecular weight is 272 g/mol. The van der Waals surface area contributed by atoms with Gasteiger partial charge in [0.1, 0.15) is 0 Å². The van der Waals surface area contributed by atoms with Crippen molar-refractivity contribution in [2.75, 3.05) is 6.79 Å². The Morgan fingerprint density at radius 1 is 1.20 bits per heavy atom. The van der Waals surface area contributed by atoms with E-state index in [0.29, 0.717) is 6.79 Å². The smallest absolute Gasteiger partial charge is 0.231 e. The van der Waals surface area contributed by atoms with Crippen molar-refractivity contribution < 1.29 is 9.47 Å². The summed E-state index contributed by atoms with van der Waals surface area (Å²) in [5.41, 5.74) is 2.45. The minimum absolute atomic E-state index is 0.326. The molecular weight excluding hydrogens is 252 g/mol. The lowest BCUT2D eigenvalue weighted by Gasteiger charge is -2.07. The maximum atomic E-state index is 5.50. The van der Waals surface area contributed by atoms with E-state index in [9.17, 15) is 0 Å². The molecule has 0 saturated carbocycles. The van der Waals surface area contributed by atoms with E-state index in [1.807, 2.05) is 12.1 Å². The van der Waals surface area contributed by atoms with E-state index in [2.05, 4.69) is 41.3 Å². The van der Waals surface area contributed by atoms with Crippen LogP contribution < -0.4 is 14.8 Å². The van der Waals surface area contributed by atoms with Gasteiger partial charge in [0.15, 0.2) is 11.5 Å². The van der Waals surface area contributed by atoms with Crippen molar-refractivity contribution in [3.8, 4) is 11.5 Å². The molecule has 0 bridgehead atoms. The monoisotopic (exact) mass is 272 g/mol. The van der Waals surface area contributed by atoms with Gasteiger partial charge in [-0.2, -0.15) is 0 Å². The van der Waals surface area contributed by atoms with Crippen LogP contribution in [0, 0.1) is 0 Å². The second-order valence-electron chi connectivity index (χ2n) is 5.01. The summed E-state index contributed by atoms with van der Waals surface area (Å²) in [6.45, 7) is 5.24. The van der Waals surface area contributed by atoms with Gasteiger partial charge in [0.25, 0.3) is 0 Å². The highest BCUT2D eigenvalue weighted by molar-refractivity contribution is 5.48. The van der Waals surface area contributed by atoms with Crippen molar-refractivity contribution >= 4 is 0 Å². The molecule has 0 amide bonds. The van der Waals surface area contributed by atoms with Gasteiger partial charge in [-0.15, -0.1) is 0 Å². The van der Waals surface area contributed by atoms with Crippen LogP contribution in [-0.2, 0) is 19.6 Å². The van der Waals surface area contributed by atoms with Crippen LogP contribution in [0.4, 0.5) is 0 Å². The van der Waals surface area contributed by atoms with Gasteiger partial charge in [0.05, 0.1) is 0 Å². The molecule has 0 atom stereocenters. The predicted octanol–water partition coefficient (Wildman–Crippen LogP) is 2.92. The molecule has 0 aliphatic carbocycles. The molecule has 0 fully saturated rings. The third-order valence-electron chi connectivity index (χ3n) is 3.42. The minimum Gasteiger partial charge on any atom is -0.454 e. The lowest BCUT2D eigenvalue weighted by atomic mass is 10.2. The van der Waals surface area contributed by atoms with Crippen LogP contribution in [0.1, 0.15) is 24.5 Å². The summed E-state index contributed by atoms with van der Waals surface area (Å²) in [7, 11) is 0. The quantitative estimate of drug-likeness (QED) is 0.878. The second-order valence-corrected chi connectivity index (χ2v) is 5.01. The number of benzene rings is 1. The Kier molecular flexibility index (Phi) is 3.92. The lowest BCUT2D eigenvalue weighted by Crippen LogP contribution is -2.12. The topological polar surface area (TPSA) is 35.4 Å². The fourth-order valence-electron chi connectivity index (χ4n) is 2.46. The zero-order chi connectivity index (χ0) is 13.8. The molecule has 106 valence electrons. The molecular formula is C16H20N2O2. The first kappa shape index (κ1) is 13.1. The summed E-state index contributed by atoms with van der Waals surface area (Å²) >= 11 is 0. The first-order valence-electron chi connectivity index (χ1n) is 7.09. The second kappa shape index (κ2) is 6.01. The molecule has 1 aliphatic heterocycles. The minimum atomic E-state index is 0.326. The highest BCUT2D eigenvalue weighted by Crippen LogP contribution is 2.35. The highest BCUT2D eigenvalue weighted by Gasteiger charge is 2.16. The van der Waals surface area contributed by atoms with Gasteiger partial charge < -0.3 is 19.4 Å². The number of rotatable bonds is 6. The molecule has 3 rings (SSSR count). The maximum Gasteiger partial charge on any atom is 0.231 e. The predicted molar refractivity (Wildman–Crippen MR) is 77.8 cm³/mol. The molecule has 0 radical (unpaired) electrons. The van der Waals surface area contributed by atoms with Crippen LogP contribution >= 0.6 is 0 Å². The molecule has 0 saturated heterocycles. The van der Waals surface area contributed by atoms with Crippen LogP contribution in [0.25, 0.3) is 0 Å². The Morgan fingerprint density at radius 2 is 2.15 bits per heavy atom. The number of hydrogen-bond acceptors (Lipinski definition) is 3. The van der Waals surface area contributed by atoms with Crippen LogP contribution in [-0.4, -0.2) is 11.4 Å². The first-order chi connectivity index (χ1) is 9.86. The van der Waals surface area contributed by atoms with Crippen LogP contribution in [0.5, 0.6) is 11.5 Å². The Labute approximate surface area is 119 Å². The van der Waals surface area contributed by atoms with Crippen LogP contribution in [0.15, 0.2) is 36.7 Å². The van der Waals surface area contributed by atoms with Crippen molar-refractivity contribution in [2.24, 2.45) is 0 Å². The van der Waals surface area contributed by atoms with Gasteiger partial charge in [-0.3, -0.25) is 0 Å². The summed E-state index contributed by atoms with van der Waals surface area (Å²) in [6, 6.07) is 8.18. The molecule has 1 aliphatic rings. The highest BCUT2D eigenvalue weighted by atomic mass is 16.7. The van der Waals surface area contributed by atoms with E-state index >= 15 is 0 Å². The number of nitrogens with one attached hydrogen (secondary N) is 1. The van der Waals surface area contributed by atoms with E-state index in [4.69, 9.17) is 9.47 Å². The third-order valence-corrected chi connectivity index (χ3v) is 3.42. The largest absolute Gasteiger partial charge is 0.454 e. The lowest BCUT2D eigenvalue weighted by molar-refractivity contribution is 0.173. The van der Waals surface area contributed by atoms with Crippen LogP contribution in [0.2, 0.25) is 0 Å². The van der Waals surface area contributed by atoms with Crippen molar-refractivity contribution in [2.45, 2.75) is 33.0 Å². The van der Waals surface area contributed by atoms with Crippen LogP contribution in [0.3, 0.4) is 0 Å². The molecule has 1 aromatic carbocycles. The zero-order valence-electron chi connectivity index (χ0n) is 11.8. The molecule has 1 aromatic heterocycles. The summed E-state index contributed by atoms with van der Waals surface area (Å²) < 4.78 is 13.1. The van der Waals surface area contributed by atoms with Crippen molar-refractivity contribution in [1.82, 2.24) is 9.88 Å². The van der Waals surface area contributed by atoms with Gasteiger partial charge in [0.2, 0.25) is 6.79 Å². The fraction of sp³-hybridized carbons (Fsp3) is 0.375. The van der Waals surface area contributed by atoms with Crippen molar-refractivity contribution in [1.29, 1.82) is 0 Å². The molecule has 20 heavy (non-hydrogen) atoms. The number of hydrogen-bond donors (Lipinski definition) is 1. The molecule has 4 nitrogen and oxygen atoms in total. The fourth-order valence-corrected chi connectivity index (χ4v) is 2.46. The standard InChI is InChI=1S/C16H20N2O2/c1-2-7-18-8-6-13(11-18)9-17-10-14-4-3-5-15-16(14)20-12-19-15/h3-6,8,11,17H,2,7,9-10,12H2,1H3. The normalized spacial score (nSPS) is 12.8. The van der Waals surface area contributed by atoms with E-state index in [-0.39, 0.29) is 0 Å². The van der Waals surface area contributed by atoms with E-state index < -0.39 is 0 Å². The third kappa shape index (κ3) is 2.80. The summed E-state index contributed by atoms with van der Waals surface area (Å²) in [5, 5.41) is 3.45. The Morgan fingerprint density at radius 3 is 3.05 bits per heavy atom. The zero-order valence-corrected chi connectivity index (χ0v) is 11.8. The van der Waals surface area contributed by atoms with E-state index in [0.717, 1.165) is 43.1 Å². The van der Waals surface area contributed by atoms with Gasteiger partial charge in [-0.25, -0.2) is 0 Å². The Balaban J connectivity index is 1.56. The SMILES string of the molecule is CCCn1ccc(CNCc2cccc3c2OCO3)c1. The van der Waals surface area contributed by atoms with E-state index in [1.165, 1.54) is 5.56 Å². The number of aryl methyl sites for hydroxylation is 1. The van der Waals surface area contributed by atoms with E-state index in [1.54, 1.807) is 0 Å². The number of aromatic nitrogens is 1. The Bertz CT molecular complexity index is 578. The molecule has 0 spiro atoms. The molecule has 2 aromatic rings. The average Bonchev–Trinajstić information content (AvgIpc) is 3.08. The molecule has 0 unspecified atom stereocenters. The summed E-state index contributed by atoms with van der Waals surface area (Å²) in [4.78, 5) is 0. The molecule has 1 N–H and O–H groups in total. The summed E-state index contributed by atoms with van der Waals surface area (Å²) in [6.07, 6.45) is 5.50. The first-order valence-corrected chi connectivity index (χ1v) is 7.09. The van der Waals surface area contributed by atoms with Crippen molar-refractivity contribution in [3.63, 3.8) is 0 Å².